The zero-order valence-corrected chi connectivity index (χ0v) is 15.1. The Hall–Kier alpha value is -2.08. The highest BCUT2D eigenvalue weighted by Gasteiger charge is 2.44. The predicted octanol–water partition coefficient (Wildman–Crippen LogP) is 1.54. The van der Waals surface area contributed by atoms with E-state index in [1.165, 1.54) is 0 Å². The maximum atomic E-state index is 12.7. The van der Waals surface area contributed by atoms with Crippen LogP contribution in [0.4, 0.5) is 0 Å². The molecule has 3 amide bonds. The summed E-state index contributed by atoms with van der Waals surface area (Å²) in [6, 6.07) is 5.66. The summed E-state index contributed by atoms with van der Waals surface area (Å²) < 4.78 is 0. The minimum absolute atomic E-state index is 0.0480. The summed E-state index contributed by atoms with van der Waals surface area (Å²) in [6.45, 7) is 5.03. The molecule has 3 rings (SSSR count). The topological polar surface area (TPSA) is 69.7 Å². The standard InChI is InChI=1S/C18H22ClN3O3/c1-11(2)8-14-18(25)22-7-6-21(10-15(22)16(23)20-14)17(24)12-4-3-5-13(19)9-12/h3-5,9,11,14-15H,6-8,10H2,1-2H3,(H,20,23)/t14-,15+/m0/s1. The molecule has 0 bridgehead atoms. The Labute approximate surface area is 152 Å². The number of piperazine rings is 2. The van der Waals surface area contributed by atoms with Crippen LogP contribution in [0.3, 0.4) is 0 Å². The van der Waals surface area contributed by atoms with Gasteiger partial charge in [-0.3, -0.25) is 14.4 Å². The highest BCUT2D eigenvalue weighted by Crippen LogP contribution is 2.21. The van der Waals surface area contributed by atoms with Crippen LogP contribution in [0.1, 0.15) is 30.6 Å². The summed E-state index contributed by atoms with van der Waals surface area (Å²) in [5.74, 6) is -0.0924. The second-order valence-corrected chi connectivity index (χ2v) is 7.44. The molecule has 25 heavy (non-hydrogen) atoms. The van der Waals surface area contributed by atoms with Gasteiger partial charge in [0.05, 0.1) is 6.54 Å². The zero-order chi connectivity index (χ0) is 18.1. The summed E-state index contributed by atoms with van der Waals surface area (Å²) in [6.07, 6.45) is 0.624. The maximum absolute atomic E-state index is 12.7. The van der Waals surface area contributed by atoms with Gasteiger partial charge in [-0.1, -0.05) is 31.5 Å². The van der Waals surface area contributed by atoms with Gasteiger partial charge in [-0.05, 0) is 30.5 Å². The first-order valence-corrected chi connectivity index (χ1v) is 8.90. The van der Waals surface area contributed by atoms with Gasteiger partial charge in [0, 0.05) is 23.7 Å². The zero-order valence-electron chi connectivity index (χ0n) is 14.4. The van der Waals surface area contributed by atoms with Crippen LogP contribution in [-0.2, 0) is 9.59 Å². The third-order valence-electron chi connectivity index (χ3n) is 4.65. The second-order valence-electron chi connectivity index (χ2n) is 7.00. The van der Waals surface area contributed by atoms with Crippen LogP contribution in [-0.4, -0.2) is 59.2 Å². The van der Waals surface area contributed by atoms with E-state index >= 15 is 0 Å². The summed E-state index contributed by atoms with van der Waals surface area (Å²) in [5, 5.41) is 3.31. The number of nitrogens with zero attached hydrogens (tertiary/aromatic N) is 2. The van der Waals surface area contributed by atoms with Crippen molar-refractivity contribution in [3.63, 3.8) is 0 Å². The molecule has 2 atom stereocenters. The molecule has 1 N–H and O–H groups in total. The quantitative estimate of drug-likeness (QED) is 0.885. The number of amides is 3. The van der Waals surface area contributed by atoms with Crippen molar-refractivity contribution >= 4 is 29.3 Å². The van der Waals surface area contributed by atoms with Crippen LogP contribution in [0.25, 0.3) is 0 Å². The molecule has 0 saturated carbocycles. The Morgan fingerprint density at radius 1 is 1.32 bits per heavy atom. The highest BCUT2D eigenvalue weighted by atomic mass is 35.5. The van der Waals surface area contributed by atoms with Gasteiger partial charge in [0.25, 0.3) is 5.91 Å². The number of rotatable bonds is 3. The van der Waals surface area contributed by atoms with Gasteiger partial charge in [0.15, 0.2) is 0 Å². The molecule has 1 aromatic rings. The minimum Gasteiger partial charge on any atom is -0.342 e. The number of halogens is 1. The fraction of sp³-hybridized carbons (Fsp3) is 0.500. The van der Waals surface area contributed by atoms with Gasteiger partial charge in [-0.25, -0.2) is 0 Å². The van der Waals surface area contributed by atoms with E-state index in [0.29, 0.717) is 36.0 Å². The lowest BCUT2D eigenvalue weighted by atomic mass is 9.97. The molecule has 2 aliphatic rings. The average Bonchev–Trinajstić information content (AvgIpc) is 2.58. The van der Waals surface area contributed by atoms with E-state index in [1.807, 2.05) is 13.8 Å². The number of carbonyl (C=O) groups is 3. The maximum Gasteiger partial charge on any atom is 0.254 e. The lowest BCUT2D eigenvalue weighted by Gasteiger charge is -2.45. The number of carbonyl (C=O) groups excluding carboxylic acids is 3. The summed E-state index contributed by atoms with van der Waals surface area (Å²) in [4.78, 5) is 41.0. The lowest BCUT2D eigenvalue weighted by Crippen LogP contribution is -2.69. The molecule has 2 aliphatic heterocycles. The monoisotopic (exact) mass is 363 g/mol. The van der Waals surface area contributed by atoms with Gasteiger partial charge in [-0.2, -0.15) is 0 Å². The van der Waals surface area contributed by atoms with E-state index in [-0.39, 0.29) is 24.3 Å². The molecule has 2 saturated heterocycles. The molecule has 0 unspecified atom stereocenters. The molecule has 2 fully saturated rings. The first-order chi connectivity index (χ1) is 11.9. The van der Waals surface area contributed by atoms with Gasteiger partial charge >= 0.3 is 0 Å². The van der Waals surface area contributed by atoms with Crippen LogP contribution in [0, 0.1) is 5.92 Å². The fourth-order valence-corrected chi connectivity index (χ4v) is 3.61. The van der Waals surface area contributed by atoms with Gasteiger partial charge < -0.3 is 15.1 Å². The number of benzene rings is 1. The number of nitrogens with one attached hydrogen (secondary N) is 1. The van der Waals surface area contributed by atoms with Crippen molar-refractivity contribution in [2.75, 3.05) is 19.6 Å². The molecular weight excluding hydrogens is 342 g/mol. The molecule has 0 spiro atoms. The van der Waals surface area contributed by atoms with Crippen LogP contribution in [0.2, 0.25) is 5.02 Å². The molecule has 0 aromatic heterocycles. The van der Waals surface area contributed by atoms with Gasteiger partial charge in [0.2, 0.25) is 11.8 Å². The minimum atomic E-state index is -0.618. The third-order valence-corrected chi connectivity index (χ3v) is 4.88. The summed E-state index contributed by atoms with van der Waals surface area (Å²) in [5.41, 5.74) is 0.487. The molecule has 1 aromatic carbocycles. The van der Waals surface area contributed by atoms with Crippen LogP contribution in [0.5, 0.6) is 0 Å². The average molecular weight is 364 g/mol. The molecule has 134 valence electrons. The molecular formula is C18H22ClN3O3. The molecule has 2 heterocycles. The largest absolute Gasteiger partial charge is 0.342 e. The summed E-state index contributed by atoms with van der Waals surface area (Å²) in [7, 11) is 0. The Morgan fingerprint density at radius 2 is 2.08 bits per heavy atom. The lowest BCUT2D eigenvalue weighted by molar-refractivity contribution is -0.152. The normalized spacial score (nSPS) is 23.5. The number of fused-ring (bicyclic) bond motifs is 1. The smallest absolute Gasteiger partial charge is 0.254 e. The molecule has 7 heteroatoms. The van der Waals surface area contributed by atoms with Gasteiger partial charge in [-0.15, -0.1) is 0 Å². The van der Waals surface area contributed by atoms with E-state index in [9.17, 15) is 14.4 Å². The van der Waals surface area contributed by atoms with Crippen molar-refractivity contribution in [3.05, 3.63) is 34.9 Å². The highest BCUT2D eigenvalue weighted by molar-refractivity contribution is 6.30. The summed E-state index contributed by atoms with van der Waals surface area (Å²) >= 11 is 5.95. The molecule has 0 radical (unpaired) electrons. The Balaban J connectivity index is 1.73. The molecule has 0 aliphatic carbocycles. The Bertz CT molecular complexity index is 707. The van der Waals surface area contributed by atoms with Crippen LogP contribution < -0.4 is 5.32 Å². The van der Waals surface area contributed by atoms with E-state index in [4.69, 9.17) is 11.6 Å². The van der Waals surface area contributed by atoms with E-state index in [2.05, 4.69) is 5.32 Å². The van der Waals surface area contributed by atoms with Crippen molar-refractivity contribution in [3.8, 4) is 0 Å². The predicted molar refractivity (Wildman–Crippen MR) is 94.2 cm³/mol. The first-order valence-electron chi connectivity index (χ1n) is 8.52. The SMILES string of the molecule is CC(C)C[C@@H]1NC(=O)[C@H]2CN(C(=O)c3cccc(Cl)c3)CCN2C1=O. The molecule has 6 nitrogen and oxygen atoms in total. The Kier molecular flexibility index (Phi) is 4.99. The van der Waals surface area contributed by atoms with Crippen molar-refractivity contribution in [1.82, 2.24) is 15.1 Å². The third kappa shape index (κ3) is 3.63. The first kappa shape index (κ1) is 17.7. The number of hydrogen-bond donors (Lipinski definition) is 1. The van der Waals surface area contributed by atoms with Crippen LogP contribution >= 0.6 is 11.6 Å². The van der Waals surface area contributed by atoms with Crippen molar-refractivity contribution in [1.29, 1.82) is 0 Å². The fourth-order valence-electron chi connectivity index (χ4n) is 3.42. The van der Waals surface area contributed by atoms with E-state index in [0.717, 1.165) is 0 Å². The van der Waals surface area contributed by atoms with Crippen molar-refractivity contribution in [2.45, 2.75) is 32.4 Å². The van der Waals surface area contributed by atoms with Gasteiger partial charge in [0.1, 0.15) is 12.1 Å². The Morgan fingerprint density at radius 3 is 2.76 bits per heavy atom. The van der Waals surface area contributed by atoms with Crippen molar-refractivity contribution in [2.24, 2.45) is 5.92 Å². The van der Waals surface area contributed by atoms with E-state index in [1.54, 1.807) is 34.1 Å². The van der Waals surface area contributed by atoms with E-state index < -0.39 is 12.1 Å². The van der Waals surface area contributed by atoms with Crippen molar-refractivity contribution < 1.29 is 14.4 Å². The second kappa shape index (κ2) is 7.04. The number of hydrogen-bond acceptors (Lipinski definition) is 3. The van der Waals surface area contributed by atoms with Crippen LogP contribution in [0.15, 0.2) is 24.3 Å².